The standard InChI is InChI=1S/C14H16O4/c1-8(2)10-7-18-11-6-13(17-4)12(16-3)5-9(11)14(10)15/h5-8H,1-4H3. The Labute approximate surface area is 105 Å². The van der Waals surface area contributed by atoms with Crippen molar-refractivity contribution in [3.8, 4) is 11.5 Å². The van der Waals surface area contributed by atoms with Crippen LogP contribution in [0, 0.1) is 0 Å². The summed E-state index contributed by atoms with van der Waals surface area (Å²) in [6.07, 6.45) is 1.52. The zero-order valence-electron chi connectivity index (χ0n) is 10.9. The van der Waals surface area contributed by atoms with Crippen molar-refractivity contribution in [1.82, 2.24) is 0 Å². The first kappa shape index (κ1) is 12.5. The normalized spacial score (nSPS) is 10.9. The van der Waals surface area contributed by atoms with Gasteiger partial charge in [0.2, 0.25) is 0 Å². The van der Waals surface area contributed by atoms with Gasteiger partial charge in [-0.15, -0.1) is 0 Å². The van der Waals surface area contributed by atoms with E-state index in [-0.39, 0.29) is 11.3 Å². The molecule has 0 atom stereocenters. The molecular formula is C14H16O4. The van der Waals surface area contributed by atoms with E-state index >= 15 is 0 Å². The summed E-state index contributed by atoms with van der Waals surface area (Å²) in [5.41, 5.74) is 1.14. The summed E-state index contributed by atoms with van der Waals surface area (Å²) in [5, 5.41) is 0.513. The van der Waals surface area contributed by atoms with Crippen molar-refractivity contribution in [3.05, 3.63) is 34.2 Å². The van der Waals surface area contributed by atoms with E-state index in [1.54, 1.807) is 19.2 Å². The lowest BCUT2D eigenvalue weighted by molar-refractivity contribution is 0.355. The molecule has 0 N–H and O–H groups in total. The van der Waals surface area contributed by atoms with Crippen molar-refractivity contribution >= 4 is 11.0 Å². The fourth-order valence-electron chi connectivity index (χ4n) is 1.87. The Kier molecular flexibility index (Phi) is 3.28. The van der Waals surface area contributed by atoms with Crippen LogP contribution in [0.5, 0.6) is 11.5 Å². The Balaban J connectivity index is 2.78. The molecule has 18 heavy (non-hydrogen) atoms. The van der Waals surface area contributed by atoms with E-state index in [0.29, 0.717) is 28.0 Å². The first-order chi connectivity index (χ1) is 8.58. The van der Waals surface area contributed by atoms with E-state index in [1.807, 2.05) is 13.8 Å². The second-order valence-electron chi connectivity index (χ2n) is 4.38. The van der Waals surface area contributed by atoms with Crippen LogP contribution in [0.2, 0.25) is 0 Å². The molecule has 0 radical (unpaired) electrons. The van der Waals surface area contributed by atoms with Crippen LogP contribution < -0.4 is 14.9 Å². The number of fused-ring (bicyclic) bond motifs is 1. The summed E-state index contributed by atoms with van der Waals surface area (Å²) < 4.78 is 15.9. The van der Waals surface area contributed by atoms with Gasteiger partial charge in [-0.1, -0.05) is 13.8 Å². The van der Waals surface area contributed by atoms with Gasteiger partial charge in [-0.2, -0.15) is 0 Å². The smallest absolute Gasteiger partial charge is 0.196 e. The minimum Gasteiger partial charge on any atom is -0.493 e. The highest BCUT2D eigenvalue weighted by molar-refractivity contribution is 5.81. The topological polar surface area (TPSA) is 48.7 Å². The average molecular weight is 248 g/mol. The van der Waals surface area contributed by atoms with Gasteiger partial charge in [0.05, 0.1) is 25.9 Å². The largest absolute Gasteiger partial charge is 0.493 e. The molecule has 1 aromatic carbocycles. The molecule has 0 aliphatic carbocycles. The van der Waals surface area contributed by atoms with Gasteiger partial charge < -0.3 is 13.9 Å². The molecule has 0 bridgehead atoms. The van der Waals surface area contributed by atoms with Crippen molar-refractivity contribution in [2.75, 3.05) is 14.2 Å². The van der Waals surface area contributed by atoms with E-state index < -0.39 is 0 Å². The minimum absolute atomic E-state index is 0.0211. The zero-order valence-corrected chi connectivity index (χ0v) is 10.9. The van der Waals surface area contributed by atoms with E-state index in [4.69, 9.17) is 13.9 Å². The van der Waals surface area contributed by atoms with Gasteiger partial charge in [-0.25, -0.2) is 0 Å². The molecule has 0 fully saturated rings. The average Bonchev–Trinajstić information content (AvgIpc) is 2.37. The second kappa shape index (κ2) is 4.72. The summed E-state index contributed by atoms with van der Waals surface area (Å²) >= 11 is 0. The Bertz CT molecular complexity index is 625. The van der Waals surface area contributed by atoms with E-state index in [0.717, 1.165) is 0 Å². The first-order valence-electron chi connectivity index (χ1n) is 5.76. The summed E-state index contributed by atoms with van der Waals surface area (Å²) in [7, 11) is 3.09. The molecule has 0 aliphatic rings. The Morgan fingerprint density at radius 1 is 1.11 bits per heavy atom. The lowest BCUT2D eigenvalue weighted by Crippen LogP contribution is -2.10. The molecule has 2 rings (SSSR count). The Morgan fingerprint density at radius 3 is 2.28 bits per heavy atom. The van der Waals surface area contributed by atoms with Crippen molar-refractivity contribution < 1.29 is 13.9 Å². The van der Waals surface area contributed by atoms with Gasteiger partial charge in [0.1, 0.15) is 5.58 Å². The fraction of sp³-hybridized carbons (Fsp3) is 0.357. The Morgan fingerprint density at radius 2 is 1.72 bits per heavy atom. The summed E-state index contributed by atoms with van der Waals surface area (Å²) in [4.78, 5) is 12.3. The van der Waals surface area contributed by atoms with E-state index in [9.17, 15) is 4.79 Å². The monoisotopic (exact) mass is 248 g/mol. The third-order valence-electron chi connectivity index (χ3n) is 2.93. The molecule has 2 aromatic rings. The number of rotatable bonds is 3. The number of hydrogen-bond donors (Lipinski definition) is 0. The van der Waals surface area contributed by atoms with Gasteiger partial charge in [0, 0.05) is 11.6 Å². The molecule has 0 saturated heterocycles. The predicted molar refractivity (Wildman–Crippen MR) is 69.7 cm³/mol. The second-order valence-corrected chi connectivity index (χ2v) is 4.38. The number of hydrogen-bond acceptors (Lipinski definition) is 4. The van der Waals surface area contributed by atoms with E-state index in [1.165, 1.54) is 13.4 Å². The maximum atomic E-state index is 12.3. The van der Waals surface area contributed by atoms with Crippen LogP contribution in [0.3, 0.4) is 0 Å². The quantitative estimate of drug-likeness (QED) is 0.838. The van der Waals surface area contributed by atoms with Crippen LogP contribution in [0.25, 0.3) is 11.0 Å². The Hall–Kier alpha value is -1.97. The van der Waals surface area contributed by atoms with Gasteiger partial charge in [-0.05, 0) is 12.0 Å². The summed E-state index contributed by atoms with van der Waals surface area (Å²) in [6.45, 7) is 3.91. The van der Waals surface area contributed by atoms with Crippen LogP contribution in [0.1, 0.15) is 25.3 Å². The van der Waals surface area contributed by atoms with Gasteiger partial charge in [0.25, 0.3) is 0 Å². The molecule has 96 valence electrons. The van der Waals surface area contributed by atoms with Gasteiger partial charge in [0.15, 0.2) is 16.9 Å². The third kappa shape index (κ3) is 1.94. The van der Waals surface area contributed by atoms with Crippen LogP contribution in [0.15, 0.2) is 27.6 Å². The highest BCUT2D eigenvalue weighted by Crippen LogP contribution is 2.31. The van der Waals surface area contributed by atoms with Crippen molar-refractivity contribution in [3.63, 3.8) is 0 Å². The van der Waals surface area contributed by atoms with E-state index in [2.05, 4.69) is 0 Å². The fourth-order valence-corrected chi connectivity index (χ4v) is 1.87. The first-order valence-corrected chi connectivity index (χ1v) is 5.76. The molecule has 0 spiro atoms. The van der Waals surface area contributed by atoms with Crippen molar-refractivity contribution in [1.29, 1.82) is 0 Å². The molecule has 1 heterocycles. The summed E-state index contributed by atoms with van der Waals surface area (Å²) in [6, 6.07) is 3.32. The van der Waals surface area contributed by atoms with Crippen LogP contribution in [-0.4, -0.2) is 14.2 Å². The zero-order chi connectivity index (χ0) is 13.3. The molecule has 1 aromatic heterocycles. The highest BCUT2D eigenvalue weighted by atomic mass is 16.5. The van der Waals surface area contributed by atoms with Crippen LogP contribution in [-0.2, 0) is 0 Å². The minimum atomic E-state index is -0.0211. The highest BCUT2D eigenvalue weighted by Gasteiger charge is 2.13. The maximum absolute atomic E-state index is 12.3. The lowest BCUT2D eigenvalue weighted by Gasteiger charge is -2.10. The lowest BCUT2D eigenvalue weighted by atomic mass is 10.0. The van der Waals surface area contributed by atoms with Crippen molar-refractivity contribution in [2.24, 2.45) is 0 Å². The third-order valence-corrected chi connectivity index (χ3v) is 2.93. The number of ether oxygens (including phenoxy) is 2. The number of benzene rings is 1. The maximum Gasteiger partial charge on any atom is 0.196 e. The molecular weight excluding hydrogens is 232 g/mol. The summed E-state index contributed by atoms with van der Waals surface area (Å²) in [5.74, 6) is 1.20. The molecule has 0 saturated carbocycles. The molecule has 0 unspecified atom stereocenters. The molecule has 4 nitrogen and oxygen atoms in total. The molecule has 0 amide bonds. The predicted octanol–water partition coefficient (Wildman–Crippen LogP) is 2.93. The van der Waals surface area contributed by atoms with Crippen LogP contribution >= 0.6 is 0 Å². The SMILES string of the molecule is COc1cc2occ(C(C)C)c(=O)c2cc1OC. The van der Waals surface area contributed by atoms with Gasteiger partial charge in [-0.3, -0.25) is 4.79 Å². The molecule has 0 aliphatic heterocycles. The van der Waals surface area contributed by atoms with Crippen LogP contribution in [0.4, 0.5) is 0 Å². The van der Waals surface area contributed by atoms with Gasteiger partial charge >= 0.3 is 0 Å². The van der Waals surface area contributed by atoms with Crippen molar-refractivity contribution in [2.45, 2.75) is 19.8 Å². The number of methoxy groups -OCH3 is 2. The molecule has 4 heteroatoms.